The standard InChI is InChI=1S/C27H36N4O4/c1-17(27(34)35)28-25(32)24-26(33)31(23-12-8-7-11-22(23)29-24)21-15-19-13-14-20(16-21)30(19)18-9-5-3-2-4-6-10-18/h7-8,11-12,17-21H,2-6,9-10,13-16H2,1H3,(H,28,32)(H,34,35)/t17?,19-,20+,21?. The van der Waals surface area contributed by atoms with Crippen molar-refractivity contribution in [2.45, 2.75) is 108 Å². The van der Waals surface area contributed by atoms with Crippen LogP contribution in [0.4, 0.5) is 0 Å². The summed E-state index contributed by atoms with van der Waals surface area (Å²) in [5, 5.41) is 11.6. The molecule has 8 nitrogen and oxygen atoms in total. The van der Waals surface area contributed by atoms with E-state index < -0.39 is 23.5 Å². The number of rotatable bonds is 5. The Labute approximate surface area is 205 Å². The Morgan fingerprint density at radius 3 is 2.23 bits per heavy atom. The number of amides is 1. The highest BCUT2D eigenvalue weighted by Crippen LogP contribution is 2.44. The summed E-state index contributed by atoms with van der Waals surface area (Å²) < 4.78 is 1.78. The summed E-state index contributed by atoms with van der Waals surface area (Å²) in [5.41, 5.74) is 0.661. The van der Waals surface area contributed by atoms with Crippen LogP contribution < -0.4 is 10.9 Å². The second kappa shape index (κ2) is 10.1. The number of carboxylic acid groups (broad SMARTS) is 1. The van der Waals surface area contributed by atoms with Crippen LogP contribution in [0, 0.1) is 0 Å². The number of hydrogen-bond donors (Lipinski definition) is 2. The van der Waals surface area contributed by atoms with Crippen LogP contribution in [0.2, 0.25) is 0 Å². The van der Waals surface area contributed by atoms with E-state index in [0.717, 1.165) is 18.4 Å². The normalized spacial score (nSPS) is 26.7. The van der Waals surface area contributed by atoms with E-state index in [0.29, 0.717) is 23.6 Å². The van der Waals surface area contributed by atoms with Gasteiger partial charge < -0.3 is 15.0 Å². The number of carboxylic acids is 1. The van der Waals surface area contributed by atoms with Crippen LogP contribution in [0.15, 0.2) is 29.1 Å². The summed E-state index contributed by atoms with van der Waals surface area (Å²) in [6, 6.07) is 7.91. The van der Waals surface area contributed by atoms with Crippen molar-refractivity contribution in [1.29, 1.82) is 0 Å². The molecule has 1 aromatic carbocycles. The lowest BCUT2D eigenvalue weighted by atomic mass is 9.89. The van der Waals surface area contributed by atoms with Crippen molar-refractivity contribution < 1.29 is 14.7 Å². The van der Waals surface area contributed by atoms with Gasteiger partial charge in [-0.3, -0.25) is 19.3 Å². The van der Waals surface area contributed by atoms with Crippen molar-refractivity contribution in [3.8, 4) is 0 Å². The molecule has 2 unspecified atom stereocenters. The Morgan fingerprint density at radius 2 is 1.57 bits per heavy atom. The summed E-state index contributed by atoms with van der Waals surface area (Å²) in [7, 11) is 0. The average Bonchev–Trinajstić information content (AvgIpc) is 3.07. The maximum Gasteiger partial charge on any atom is 0.325 e. The van der Waals surface area contributed by atoms with Gasteiger partial charge in [0.05, 0.1) is 11.0 Å². The first-order valence-corrected chi connectivity index (χ1v) is 13.3. The molecule has 4 atom stereocenters. The van der Waals surface area contributed by atoms with Gasteiger partial charge in [-0.05, 0) is 57.6 Å². The van der Waals surface area contributed by atoms with Gasteiger partial charge in [0, 0.05) is 24.2 Å². The molecule has 8 heteroatoms. The van der Waals surface area contributed by atoms with E-state index >= 15 is 0 Å². The Balaban J connectivity index is 1.46. The van der Waals surface area contributed by atoms with Crippen LogP contribution in [0.1, 0.15) is 94.1 Å². The van der Waals surface area contributed by atoms with Crippen LogP contribution in [0.5, 0.6) is 0 Å². The van der Waals surface area contributed by atoms with Crippen LogP contribution in [0.25, 0.3) is 11.0 Å². The number of carbonyl (C=O) groups excluding carboxylic acids is 1. The predicted octanol–water partition coefficient (Wildman–Crippen LogP) is 3.88. The van der Waals surface area contributed by atoms with E-state index in [1.165, 1.54) is 64.7 Å². The maximum atomic E-state index is 13.7. The molecular weight excluding hydrogens is 444 g/mol. The molecule has 2 saturated heterocycles. The lowest BCUT2D eigenvalue weighted by molar-refractivity contribution is -0.138. The first kappa shape index (κ1) is 24.0. The van der Waals surface area contributed by atoms with Gasteiger partial charge in [-0.25, -0.2) is 4.98 Å². The number of nitrogens with zero attached hydrogens (tertiary/aromatic N) is 3. The number of aliphatic carboxylic acids is 1. The third-order valence-corrected chi connectivity index (χ3v) is 8.35. The lowest BCUT2D eigenvalue weighted by Gasteiger charge is -2.45. The Morgan fingerprint density at radius 1 is 0.943 bits per heavy atom. The average molecular weight is 481 g/mol. The van der Waals surface area contributed by atoms with Crippen LogP contribution in [0.3, 0.4) is 0 Å². The number of aromatic nitrogens is 2. The number of para-hydroxylation sites is 2. The highest BCUT2D eigenvalue weighted by molar-refractivity contribution is 5.96. The molecular formula is C27H36N4O4. The highest BCUT2D eigenvalue weighted by atomic mass is 16.4. The summed E-state index contributed by atoms with van der Waals surface area (Å²) in [6.45, 7) is 1.38. The molecule has 2 bridgehead atoms. The van der Waals surface area contributed by atoms with Gasteiger partial charge >= 0.3 is 5.97 Å². The minimum absolute atomic E-state index is 0.00107. The number of nitrogens with one attached hydrogen (secondary N) is 1. The van der Waals surface area contributed by atoms with Crippen LogP contribution in [-0.4, -0.2) is 55.6 Å². The number of hydrogen-bond acceptors (Lipinski definition) is 5. The summed E-state index contributed by atoms with van der Waals surface area (Å²) in [6.07, 6.45) is 13.3. The lowest BCUT2D eigenvalue weighted by Crippen LogP contribution is -2.50. The van der Waals surface area contributed by atoms with Crippen molar-refractivity contribution in [1.82, 2.24) is 19.8 Å². The smallest absolute Gasteiger partial charge is 0.325 e. The molecule has 3 aliphatic rings. The van der Waals surface area contributed by atoms with E-state index in [-0.39, 0.29) is 11.7 Å². The minimum Gasteiger partial charge on any atom is -0.480 e. The zero-order valence-corrected chi connectivity index (χ0v) is 20.5. The van der Waals surface area contributed by atoms with Gasteiger partial charge in [0.15, 0.2) is 5.69 Å². The molecule has 1 amide bonds. The van der Waals surface area contributed by atoms with Crippen molar-refractivity contribution in [2.75, 3.05) is 0 Å². The van der Waals surface area contributed by atoms with E-state index in [1.54, 1.807) is 10.6 Å². The molecule has 2 N–H and O–H groups in total. The zero-order chi connectivity index (χ0) is 24.5. The number of fused-ring (bicyclic) bond motifs is 3. The Bertz CT molecular complexity index is 1140. The van der Waals surface area contributed by atoms with Crippen LogP contribution >= 0.6 is 0 Å². The number of carbonyl (C=O) groups is 2. The maximum absolute atomic E-state index is 13.7. The number of benzene rings is 1. The fourth-order valence-corrected chi connectivity index (χ4v) is 6.72. The van der Waals surface area contributed by atoms with Gasteiger partial charge in [0.2, 0.25) is 0 Å². The largest absolute Gasteiger partial charge is 0.480 e. The molecule has 1 aliphatic carbocycles. The van der Waals surface area contributed by atoms with Crippen molar-refractivity contribution in [3.05, 3.63) is 40.3 Å². The molecule has 0 radical (unpaired) electrons. The predicted molar refractivity (Wildman–Crippen MR) is 134 cm³/mol. The molecule has 2 aliphatic heterocycles. The molecule has 3 heterocycles. The molecule has 1 saturated carbocycles. The van der Waals surface area contributed by atoms with Gasteiger partial charge in [-0.1, -0.05) is 44.2 Å². The topological polar surface area (TPSA) is 105 Å². The number of piperidine rings is 1. The molecule has 2 aromatic rings. The van der Waals surface area contributed by atoms with Gasteiger partial charge in [-0.15, -0.1) is 0 Å². The Kier molecular flexibility index (Phi) is 6.91. The third-order valence-electron chi connectivity index (χ3n) is 8.35. The second-order valence-corrected chi connectivity index (χ2v) is 10.6. The van der Waals surface area contributed by atoms with Crippen LogP contribution in [-0.2, 0) is 4.79 Å². The van der Waals surface area contributed by atoms with Crippen molar-refractivity contribution >= 4 is 22.9 Å². The molecule has 188 valence electrons. The van der Waals surface area contributed by atoms with E-state index in [1.807, 2.05) is 18.2 Å². The monoisotopic (exact) mass is 480 g/mol. The second-order valence-electron chi connectivity index (χ2n) is 10.6. The molecule has 3 fully saturated rings. The van der Waals surface area contributed by atoms with E-state index in [2.05, 4.69) is 15.2 Å². The molecule has 5 rings (SSSR count). The zero-order valence-electron chi connectivity index (χ0n) is 20.5. The first-order valence-electron chi connectivity index (χ1n) is 13.3. The summed E-state index contributed by atoms with van der Waals surface area (Å²) >= 11 is 0. The molecule has 0 spiro atoms. The summed E-state index contributed by atoms with van der Waals surface area (Å²) in [5.74, 6) is -1.89. The van der Waals surface area contributed by atoms with Gasteiger partial charge in [-0.2, -0.15) is 0 Å². The van der Waals surface area contributed by atoms with E-state index in [4.69, 9.17) is 0 Å². The molecule has 35 heavy (non-hydrogen) atoms. The minimum atomic E-state index is -1.15. The third kappa shape index (κ3) is 4.73. The van der Waals surface area contributed by atoms with Crippen molar-refractivity contribution in [3.63, 3.8) is 0 Å². The quantitative estimate of drug-likeness (QED) is 0.673. The SMILES string of the molecule is CC(NC(=O)c1nc2ccccc2n(C2C[C@H]3CC[C@@H](C2)N3C2CCCCCCC2)c1=O)C(=O)O. The van der Waals surface area contributed by atoms with Gasteiger partial charge in [0.1, 0.15) is 6.04 Å². The van der Waals surface area contributed by atoms with Crippen molar-refractivity contribution in [2.24, 2.45) is 0 Å². The summed E-state index contributed by atoms with van der Waals surface area (Å²) in [4.78, 5) is 44.9. The highest BCUT2D eigenvalue weighted by Gasteiger charge is 2.44. The Hall–Kier alpha value is -2.74. The first-order chi connectivity index (χ1) is 16.9. The fraction of sp³-hybridized carbons (Fsp3) is 0.630. The fourth-order valence-electron chi connectivity index (χ4n) is 6.72. The van der Waals surface area contributed by atoms with E-state index in [9.17, 15) is 19.5 Å². The van der Waals surface area contributed by atoms with Gasteiger partial charge in [0.25, 0.3) is 11.5 Å². The molecule has 1 aromatic heterocycles.